The Labute approximate surface area is 121 Å². The molecule has 4 heteroatoms. The fourth-order valence-corrected chi connectivity index (χ4v) is 1.59. The number of nitrogens with two attached hydrogens (primary N) is 1. The summed E-state index contributed by atoms with van der Waals surface area (Å²) in [4.78, 5) is 6.44. The fraction of sp³-hybridized carbons (Fsp3) is 0.462. The Morgan fingerprint density at radius 1 is 1.18 bits per heavy atom. The number of guanidine groups is 1. The smallest absolute Gasteiger partial charge is 0.191 e. The van der Waals surface area contributed by atoms with Crippen molar-refractivity contribution in [2.24, 2.45) is 10.7 Å². The van der Waals surface area contributed by atoms with Gasteiger partial charge in [-0.3, -0.25) is 4.99 Å². The zero-order valence-electron chi connectivity index (χ0n) is 10.6. The highest BCUT2D eigenvalue weighted by atomic mass is 127. The number of hydrogen-bond donors (Lipinski definition) is 1. The molecule has 0 saturated carbocycles. The molecule has 1 rings (SSSR count). The van der Waals surface area contributed by atoms with E-state index in [2.05, 4.69) is 35.9 Å². The first-order valence-electron chi connectivity index (χ1n) is 5.86. The van der Waals surface area contributed by atoms with E-state index in [9.17, 15) is 0 Å². The molecule has 0 amide bonds. The van der Waals surface area contributed by atoms with Gasteiger partial charge in [0.15, 0.2) is 5.96 Å². The minimum Gasteiger partial charge on any atom is -0.370 e. The van der Waals surface area contributed by atoms with Crippen LogP contribution >= 0.6 is 24.0 Å². The Morgan fingerprint density at radius 3 is 2.29 bits per heavy atom. The summed E-state index contributed by atoms with van der Waals surface area (Å²) in [7, 11) is 0. The van der Waals surface area contributed by atoms with Gasteiger partial charge in [0, 0.05) is 19.6 Å². The van der Waals surface area contributed by atoms with Gasteiger partial charge in [0.05, 0.1) is 0 Å². The summed E-state index contributed by atoms with van der Waals surface area (Å²) in [5.41, 5.74) is 7.18. The van der Waals surface area contributed by atoms with Crippen molar-refractivity contribution in [2.75, 3.05) is 19.6 Å². The maximum atomic E-state index is 5.88. The quantitative estimate of drug-likeness (QED) is 0.505. The van der Waals surface area contributed by atoms with Gasteiger partial charge in [0.25, 0.3) is 0 Å². The van der Waals surface area contributed by atoms with Crippen molar-refractivity contribution < 1.29 is 0 Å². The molecule has 0 unspecified atom stereocenters. The molecular weight excluding hydrogens is 325 g/mol. The molecule has 0 aliphatic heterocycles. The molecule has 96 valence electrons. The summed E-state index contributed by atoms with van der Waals surface area (Å²) >= 11 is 0. The molecular formula is C13H22IN3. The zero-order chi connectivity index (χ0) is 11.8. The van der Waals surface area contributed by atoms with Crippen LogP contribution in [-0.2, 0) is 6.42 Å². The molecule has 0 saturated heterocycles. The van der Waals surface area contributed by atoms with Crippen LogP contribution in [0.25, 0.3) is 0 Å². The summed E-state index contributed by atoms with van der Waals surface area (Å²) in [5, 5.41) is 0. The van der Waals surface area contributed by atoms with Crippen LogP contribution < -0.4 is 5.73 Å². The lowest BCUT2D eigenvalue weighted by atomic mass is 10.2. The molecule has 0 aliphatic rings. The first-order chi connectivity index (χ1) is 7.77. The highest BCUT2D eigenvalue weighted by molar-refractivity contribution is 14.0. The van der Waals surface area contributed by atoms with Gasteiger partial charge in [-0.25, -0.2) is 0 Å². The lowest BCUT2D eigenvalue weighted by Crippen LogP contribution is -2.37. The number of rotatable bonds is 5. The second-order valence-corrected chi connectivity index (χ2v) is 3.65. The molecule has 0 bridgehead atoms. The van der Waals surface area contributed by atoms with Crippen LogP contribution in [0, 0.1) is 0 Å². The van der Waals surface area contributed by atoms with E-state index in [4.69, 9.17) is 5.73 Å². The number of benzene rings is 1. The highest BCUT2D eigenvalue weighted by Gasteiger charge is 2.00. The predicted octanol–water partition coefficient (Wildman–Crippen LogP) is 2.50. The van der Waals surface area contributed by atoms with Crippen molar-refractivity contribution in [3.63, 3.8) is 0 Å². The number of halogens is 1. The number of nitrogens with zero attached hydrogens (tertiary/aromatic N) is 2. The van der Waals surface area contributed by atoms with Crippen LogP contribution in [0.15, 0.2) is 35.3 Å². The van der Waals surface area contributed by atoms with Crippen molar-refractivity contribution in [3.05, 3.63) is 35.9 Å². The van der Waals surface area contributed by atoms with Gasteiger partial charge in [-0.05, 0) is 25.8 Å². The van der Waals surface area contributed by atoms with Crippen molar-refractivity contribution >= 4 is 29.9 Å². The van der Waals surface area contributed by atoms with E-state index in [0.717, 1.165) is 26.1 Å². The van der Waals surface area contributed by atoms with E-state index in [1.807, 2.05) is 18.2 Å². The number of aliphatic imine (C=N–C) groups is 1. The molecule has 17 heavy (non-hydrogen) atoms. The Bertz CT molecular complexity index is 321. The number of hydrogen-bond acceptors (Lipinski definition) is 1. The maximum Gasteiger partial charge on any atom is 0.191 e. The minimum absolute atomic E-state index is 0. The molecule has 0 radical (unpaired) electrons. The van der Waals surface area contributed by atoms with Crippen molar-refractivity contribution in [1.29, 1.82) is 0 Å². The van der Waals surface area contributed by atoms with Crippen molar-refractivity contribution in [2.45, 2.75) is 20.3 Å². The summed E-state index contributed by atoms with van der Waals surface area (Å²) < 4.78 is 0. The predicted molar refractivity (Wildman–Crippen MR) is 85.0 cm³/mol. The zero-order valence-corrected chi connectivity index (χ0v) is 12.9. The van der Waals surface area contributed by atoms with E-state index in [1.165, 1.54) is 5.56 Å². The Morgan fingerprint density at radius 2 is 1.76 bits per heavy atom. The van der Waals surface area contributed by atoms with Crippen molar-refractivity contribution in [3.8, 4) is 0 Å². The average Bonchev–Trinajstić information content (AvgIpc) is 2.32. The lowest BCUT2D eigenvalue weighted by Gasteiger charge is -2.19. The Kier molecular flexibility index (Phi) is 8.85. The van der Waals surface area contributed by atoms with Crippen LogP contribution in [0.2, 0.25) is 0 Å². The van der Waals surface area contributed by atoms with Crippen LogP contribution in [0.5, 0.6) is 0 Å². The topological polar surface area (TPSA) is 41.6 Å². The van der Waals surface area contributed by atoms with Gasteiger partial charge < -0.3 is 10.6 Å². The largest absolute Gasteiger partial charge is 0.370 e. The molecule has 3 nitrogen and oxygen atoms in total. The average molecular weight is 347 g/mol. The Hall–Kier alpha value is -0.780. The second-order valence-electron chi connectivity index (χ2n) is 3.65. The summed E-state index contributed by atoms with van der Waals surface area (Å²) in [6.45, 7) is 6.76. The van der Waals surface area contributed by atoms with Gasteiger partial charge in [0.1, 0.15) is 0 Å². The van der Waals surface area contributed by atoms with Gasteiger partial charge >= 0.3 is 0 Å². The van der Waals surface area contributed by atoms with Crippen LogP contribution in [0.4, 0.5) is 0 Å². The molecule has 0 fully saturated rings. The Balaban J connectivity index is 0.00000256. The van der Waals surface area contributed by atoms with E-state index < -0.39 is 0 Å². The third-order valence-corrected chi connectivity index (χ3v) is 2.60. The van der Waals surface area contributed by atoms with Crippen LogP contribution in [0.3, 0.4) is 0 Å². The molecule has 1 aromatic carbocycles. The maximum absolute atomic E-state index is 5.88. The van der Waals surface area contributed by atoms with Gasteiger partial charge in [0.2, 0.25) is 0 Å². The van der Waals surface area contributed by atoms with E-state index >= 15 is 0 Å². The lowest BCUT2D eigenvalue weighted by molar-refractivity contribution is 0.458. The third-order valence-electron chi connectivity index (χ3n) is 2.60. The van der Waals surface area contributed by atoms with Crippen molar-refractivity contribution in [1.82, 2.24) is 4.90 Å². The summed E-state index contributed by atoms with van der Waals surface area (Å²) in [5.74, 6) is 0.654. The first kappa shape index (κ1) is 16.2. The van der Waals surface area contributed by atoms with Crippen LogP contribution in [0.1, 0.15) is 19.4 Å². The van der Waals surface area contributed by atoms with E-state index in [-0.39, 0.29) is 24.0 Å². The summed E-state index contributed by atoms with van der Waals surface area (Å²) in [6, 6.07) is 10.4. The van der Waals surface area contributed by atoms with E-state index in [1.54, 1.807) is 0 Å². The molecule has 0 atom stereocenters. The molecule has 0 heterocycles. The molecule has 0 aromatic heterocycles. The molecule has 1 aromatic rings. The first-order valence-corrected chi connectivity index (χ1v) is 5.86. The van der Waals surface area contributed by atoms with Gasteiger partial charge in [-0.1, -0.05) is 30.3 Å². The van der Waals surface area contributed by atoms with Crippen LogP contribution in [-0.4, -0.2) is 30.5 Å². The normalized spacial score (nSPS) is 10.8. The summed E-state index contributed by atoms with van der Waals surface area (Å²) in [6.07, 6.45) is 0.947. The molecule has 2 N–H and O–H groups in total. The molecule has 0 spiro atoms. The fourth-order valence-electron chi connectivity index (χ4n) is 1.59. The SMILES string of the molecule is CCN(CC)C(N)=NCCc1ccccc1.I. The highest BCUT2D eigenvalue weighted by Crippen LogP contribution is 1.99. The van der Waals surface area contributed by atoms with Gasteiger partial charge in [-0.15, -0.1) is 24.0 Å². The minimum atomic E-state index is 0. The second kappa shape index (κ2) is 9.27. The molecule has 0 aliphatic carbocycles. The standard InChI is InChI=1S/C13H21N3.HI/c1-3-16(4-2)13(14)15-11-10-12-8-6-5-7-9-12;/h5-9H,3-4,10-11H2,1-2H3,(H2,14,15);1H. The van der Waals surface area contributed by atoms with E-state index in [0.29, 0.717) is 5.96 Å². The monoisotopic (exact) mass is 347 g/mol. The third kappa shape index (κ3) is 5.91. The van der Waals surface area contributed by atoms with Gasteiger partial charge in [-0.2, -0.15) is 0 Å².